The van der Waals surface area contributed by atoms with Crippen molar-refractivity contribution in [2.45, 2.75) is 18.8 Å². The second-order valence-corrected chi connectivity index (χ2v) is 6.09. The van der Waals surface area contributed by atoms with Crippen molar-refractivity contribution in [2.24, 2.45) is 0 Å². The standard InChI is InChI=1S/C17H19N7O/c25-17(23-8-5-13(6-9-23)16-11-18-12-19-16)21-14-1-3-15(4-2-14)24-10-7-20-22-24/h1-4,7,10-13H,5-6,8-9H2,(H,18,19)(H,21,25). The minimum atomic E-state index is -0.0587. The van der Waals surface area contributed by atoms with Gasteiger partial charge in [-0.15, -0.1) is 5.10 Å². The highest BCUT2D eigenvalue weighted by Crippen LogP contribution is 2.26. The fraction of sp³-hybridized carbons (Fsp3) is 0.294. The van der Waals surface area contributed by atoms with Crippen LogP contribution in [0.4, 0.5) is 10.5 Å². The van der Waals surface area contributed by atoms with Gasteiger partial charge in [0.05, 0.1) is 24.4 Å². The van der Waals surface area contributed by atoms with E-state index in [0.29, 0.717) is 5.92 Å². The predicted octanol–water partition coefficient (Wildman–Crippen LogP) is 2.40. The number of benzene rings is 1. The summed E-state index contributed by atoms with van der Waals surface area (Å²) < 4.78 is 1.67. The van der Waals surface area contributed by atoms with E-state index in [1.54, 1.807) is 23.4 Å². The van der Waals surface area contributed by atoms with Crippen molar-refractivity contribution in [1.82, 2.24) is 29.9 Å². The molecule has 4 rings (SSSR count). The van der Waals surface area contributed by atoms with Gasteiger partial charge in [0.15, 0.2) is 0 Å². The molecule has 3 aromatic rings. The van der Waals surface area contributed by atoms with Crippen molar-refractivity contribution in [3.63, 3.8) is 0 Å². The number of nitrogens with one attached hydrogen (secondary N) is 2. The number of carbonyl (C=O) groups excluding carboxylic acids is 1. The summed E-state index contributed by atoms with van der Waals surface area (Å²) in [5, 5.41) is 10.7. The number of rotatable bonds is 3. The number of piperidine rings is 1. The summed E-state index contributed by atoms with van der Waals surface area (Å²) >= 11 is 0. The van der Waals surface area contributed by atoms with E-state index in [0.717, 1.165) is 43.0 Å². The van der Waals surface area contributed by atoms with Crippen LogP contribution in [-0.4, -0.2) is 49.0 Å². The number of amides is 2. The molecule has 0 aliphatic carbocycles. The third-order valence-corrected chi connectivity index (χ3v) is 4.55. The molecule has 1 aromatic carbocycles. The molecule has 128 valence electrons. The highest BCUT2D eigenvalue weighted by molar-refractivity contribution is 5.89. The smallest absolute Gasteiger partial charge is 0.321 e. The minimum Gasteiger partial charge on any atom is -0.348 e. The van der Waals surface area contributed by atoms with E-state index < -0.39 is 0 Å². The van der Waals surface area contributed by atoms with Crippen LogP contribution in [0, 0.1) is 0 Å². The zero-order valence-electron chi connectivity index (χ0n) is 13.7. The molecule has 25 heavy (non-hydrogen) atoms. The molecule has 0 atom stereocenters. The van der Waals surface area contributed by atoms with Crippen LogP contribution in [0.15, 0.2) is 49.2 Å². The first-order valence-corrected chi connectivity index (χ1v) is 8.30. The molecule has 0 radical (unpaired) electrons. The highest BCUT2D eigenvalue weighted by Gasteiger charge is 2.24. The maximum Gasteiger partial charge on any atom is 0.321 e. The number of imidazole rings is 1. The summed E-state index contributed by atoms with van der Waals surface area (Å²) in [6.45, 7) is 1.49. The summed E-state index contributed by atoms with van der Waals surface area (Å²) in [6, 6.07) is 7.47. The maximum absolute atomic E-state index is 12.4. The quantitative estimate of drug-likeness (QED) is 0.768. The molecule has 1 fully saturated rings. The van der Waals surface area contributed by atoms with Gasteiger partial charge in [-0.2, -0.15) is 0 Å². The van der Waals surface area contributed by atoms with Crippen LogP contribution in [0.3, 0.4) is 0 Å². The van der Waals surface area contributed by atoms with E-state index in [-0.39, 0.29) is 6.03 Å². The first-order chi connectivity index (χ1) is 12.3. The van der Waals surface area contributed by atoms with Crippen LogP contribution in [0.2, 0.25) is 0 Å². The van der Waals surface area contributed by atoms with Crippen molar-refractivity contribution in [3.05, 3.63) is 54.9 Å². The number of nitrogens with zero attached hydrogens (tertiary/aromatic N) is 5. The number of hydrogen-bond donors (Lipinski definition) is 2. The Morgan fingerprint density at radius 3 is 2.64 bits per heavy atom. The molecule has 2 N–H and O–H groups in total. The van der Waals surface area contributed by atoms with Gasteiger partial charge in [0, 0.05) is 36.6 Å². The molecule has 1 aliphatic rings. The van der Waals surface area contributed by atoms with Gasteiger partial charge >= 0.3 is 6.03 Å². The lowest BCUT2D eigenvalue weighted by atomic mass is 9.94. The zero-order chi connectivity index (χ0) is 17.1. The first-order valence-electron chi connectivity index (χ1n) is 8.30. The van der Waals surface area contributed by atoms with Crippen molar-refractivity contribution < 1.29 is 4.79 Å². The second kappa shape index (κ2) is 6.76. The Hall–Kier alpha value is -3.16. The monoisotopic (exact) mass is 337 g/mol. The van der Waals surface area contributed by atoms with Crippen LogP contribution in [0.1, 0.15) is 24.5 Å². The summed E-state index contributed by atoms with van der Waals surface area (Å²) in [6.07, 6.45) is 8.87. The number of aromatic amines is 1. The van der Waals surface area contributed by atoms with E-state index in [1.165, 1.54) is 0 Å². The van der Waals surface area contributed by atoms with Crippen LogP contribution in [0.5, 0.6) is 0 Å². The van der Waals surface area contributed by atoms with Crippen LogP contribution in [0.25, 0.3) is 5.69 Å². The summed E-state index contributed by atoms with van der Waals surface area (Å²) in [4.78, 5) is 21.5. The Balaban J connectivity index is 1.33. The van der Waals surface area contributed by atoms with Crippen molar-refractivity contribution in [3.8, 4) is 5.69 Å². The molecule has 8 heteroatoms. The lowest BCUT2D eigenvalue weighted by Crippen LogP contribution is -2.40. The Labute approximate surface area is 144 Å². The number of carbonyl (C=O) groups is 1. The van der Waals surface area contributed by atoms with Gasteiger partial charge in [-0.3, -0.25) is 0 Å². The van der Waals surface area contributed by atoms with Crippen LogP contribution in [-0.2, 0) is 0 Å². The molecule has 1 saturated heterocycles. The van der Waals surface area contributed by atoms with E-state index >= 15 is 0 Å². The van der Waals surface area contributed by atoms with E-state index in [4.69, 9.17) is 0 Å². The fourth-order valence-corrected chi connectivity index (χ4v) is 3.13. The number of anilines is 1. The number of aromatic nitrogens is 5. The summed E-state index contributed by atoms with van der Waals surface area (Å²) in [5.41, 5.74) is 2.82. The third kappa shape index (κ3) is 3.37. The summed E-state index contributed by atoms with van der Waals surface area (Å²) in [7, 11) is 0. The van der Waals surface area contributed by atoms with Gasteiger partial charge < -0.3 is 15.2 Å². The maximum atomic E-state index is 12.4. The van der Waals surface area contributed by atoms with Crippen molar-refractivity contribution in [2.75, 3.05) is 18.4 Å². The van der Waals surface area contributed by atoms with Crippen LogP contribution >= 0.6 is 0 Å². The zero-order valence-corrected chi connectivity index (χ0v) is 13.7. The molecule has 0 bridgehead atoms. The molecule has 0 unspecified atom stereocenters. The minimum absolute atomic E-state index is 0.0587. The Bertz CT molecular complexity index is 803. The van der Waals surface area contributed by atoms with Gasteiger partial charge in [-0.25, -0.2) is 14.5 Å². The molecule has 0 saturated carbocycles. The molecule has 0 spiro atoms. The topological polar surface area (TPSA) is 91.7 Å². The Kier molecular flexibility index (Phi) is 4.16. The second-order valence-electron chi connectivity index (χ2n) is 6.09. The van der Waals surface area contributed by atoms with Gasteiger partial charge in [0.2, 0.25) is 0 Å². The normalized spacial score (nSPS) is 15.3. The number of urea groups is 1. The Morgan fingerprint density at radius 2 is 2.00 bits per heavy atom. The number of hydrogen-bond acceptors (Lipinski definition) is 4. The van der Waals surface area contributed by atoms with E-state index in [2.05, 4.69) is 25.6 Å². The van der Waals surface area contributed by atoms with Crippen LogP contribution < -0.4 is 5.32 Å². The van der Waals surface area contributed by atoms with Crippen molar-refractivity contribution in [1.29, 1.82) is 0 Å². The SMILES string of the molecule is O=C(Nc1ccc(-n2ccnn2)cc1)N1CCC(c2cnc[nH]2)CC1. The predicted molar refractivity (Wildman–Crippen MR) is 92.5 cm³/mol. The molecular weight excluding hydrogens is 318 g/mol. The van der Waals surface area contributed by atoms with E-state index in [9.17, 15) is 4.79 Å². The average molecular weight is 337 g/mol. The Morgan fingerprint density at radius 1 is 1.20 bits per heavy atom. The molecule has 8 nitrogen and oxygen atoms in total. The molecule has 2 amide bonds. The summed E-state index contributed by atoms with van der Waals surface area (Å²) in [5.74, 6) is 0.452. The lowest BCUT2D eigenvalue weighted by molar-refractivity contribution is 0.194. The number of likely N-dealkylation sites (tertiary alicyclic amines) is 1. The molecular formula is C17H19N7O. The van der Waals surface area contributed by atoms with Crippen molar-refractivity contribution >= 4 is 11.7 Å². The molecule has 2 aromatic heterocycles. The lowest BCUT2D eigenvalue weighted by Gasteiger charge is -2.31. The van der Waals surface area contributed by atoms with Gasteiger partial charge in [0.25, 0.3) is 0 Å². The molecule has 1 aliphatic heterocycles. The average Bonchev–Trinajstić information content (AvgIpc) is 3.36. The number of H-pyrrole nitrogens is 1. The van der Waals surface area contributed by atoms with Gasteiger partial charge in [-0.05, 0) is 37.1 Å². The largest absolute Gasteiger partial charge is 0.348 e. The van der Waals surface area contributed by atoms with Gasteiger partial charge in [0.1, 0.15) is 0 Å². The third-order valence-electron chi connectivity index (χ3n) is 4.55. The van der Waals surface area contributed by atoms with Gasteiger partial charge in [-0.1, -0.05) is 5.21 Å². The van der Waals surface area contributed by atoms with E-state index in [1.807, 2.05) is 35.4 Å². The first kappa shape index (κ1) is 15.4. The fourth-order valence-electron chi connectivity index (χ4n) is 3.13. The molecule has 3 heterocycles. The highest BCUT2D eigenvalue weighted by atomic mass is 16.2.